The highest BCUT2D eigenvalue weighted by Crippen LogP contribution is 2.34. The summed E-state index contributed by atoms with van der Waals surface area (Å²) < 4.78 is 6.36. The number of hydrogen-bond acceptors (Lipinski definition) is 1. The summed E-state index contributed by atoms with van der Waals surface area (Å²) in [5, 5.41) is 0. The summed E-state index contributed by atoms with van der Waals surface area (Å²) >= 11 is 0. The van der Waals surface area contributed by atoms with Crippen molar-refractivity contribution in [2.75, 3.05) is 0 Å². The Morgan fingerprint density at radius 3 is 2.35 bits per heavy atom. The molecule has 1 heteroatoms. The maximum Gasteiger partial charge on any atom is 0.0581 e. The van der Waals surface area contributed by atoms with Crippen molar-refractivity contribution in [3.8, 4) is 0 Å². The Morgan fingerprint density at radius 1 is 0.941 bits per heavy atom. The molecule has 2 fully saturated rings. The minimum Gasteiger partial charge on any atom is -0.375 e. The first-order valence-corrected chi connectivity index (χ1v) is 7.95. The molecule has 0 amide bonds. The summed E-state index contributed by atoms with van der Waals surface area (Å²) in [7, 11) is 0. The molecule has 1 nitrogen and oxygen atoms in total. The zero-order valence-electron chi connectivity index (χ0n) is 11.8. The summed E-state index contributed by atoms with van der Waals surface area (Å²) in [6.45, 7) is 4.75. The quantitative estimate of drug-likeness (QED) is 0.674. The molecule has 0 bridgehead atoms. The van der Waals surface area contributed by atoms with Gasteiger partial charge in [0, 0.05) is 0 Å². The molecule has 0 saturated heterocycles. The van der Waals surface area contributed by atoms with Gasteiger partial charge in [0.15, 0.2) is 0 Å². The molecule has 0 aromatic heterocycles. The van der Waals surface area contributed by atoms with Crippen molar-refractivity contribution < 1.29 is 4.74 Å². The van der Waals surface area contributed by atoms with Crippen molar-refractivity contribution >= 4 is 0 Å². The molecule has 0 N–H and O–H groups in total. The predicted molar refractivity (Wildman–Crippen MR) is 73.2 cm³/mol. The van der Waals surface area contributed by atoms with Crippen molar-refractivity contribution in [1.29, 1.82) is 0 Å². The van der Waals surface area contributed by atoms with Gasteiger partial charge in [0.25, 0.3) is 0 Å². The van der Waals surface area contributed by atoms with Crippen LogP contribution in [0.25, 0.3) is 0 Å². The molecule has 0 aromatic carbocycles. The van der Waals surface area contributed by atoms with Gasteiger partial charge < -0.3 is 4.74 Å². The van der Waals surface area contributed by atoms with Gasteiger partial charge in [0.1, 0.15) is 0 Å². The van der Waals surface area contributed by atoms with E-state index in [4.69, 9.17) is 4.74 Å². The summed E-state index contributed by atoms with van der Waals surface area (Å²) in [6, 6.07) is 0. The standard InChI is InChI=1S/C16H30O/c1-3-13(2)14-8-7-11-16(12-14)17-15-9-5-4-6-10-15/h13-16H,3-12H2,1-2H3. The molecule has 100 valence electrons. The van der Waals surface area contributed by atoms with E-state index in [-0.39, 0.29) is 0 Å². The SMILES string of the molecule is CCC(C)C1CCCC(OC2CCCCC2)C1. The lowest BCUT2D eigenvalue weighted by atomic mass is 9.78. The highest BCUT2D eigenvalue weighted by molar-refractivity contribution is 4.78. The molecule has 2 saturated carbocycles. The van der Waals surface area contributed by atoms with Crippen LogP contribution in [0.15, 0.2) is 0 Å². The van der Waals surface area contributed by atoms with E-state index in [1.807, 2.05) is 0 Å². The summed E-state index contributed by atoms with van der Waals surface area (Å²) in [5.41, 5.74) is 0. The Kier molecular flexibility index (Phi) is 5.34. The first-order chi connectivity index (χ1) is 8.29. The fourth-order valence-corrected chi connectivity index (χ4v) is 3.63. The third kappa shape index (κ3) is 3.98. The van der Waals surface area contributed by atoms with Crippen molar-refractivity contribution in [2.45, 2.75) is 90.3 Å². The molecule has 2 aliphatic carbocycles. The molecule has 2 rings (SSSR count). The molecular weight excluding hydrogens is 208 g/mol. The number of hydrogen-bond donors (Lipinski definition) is 0. The van der Waals surface area contributed by atoms with Crippen LogP contribution in [0.5, 0.6) is 0 Å². The summed E-state index contributed by atoms with van der Waals surface area (Å²) in [6.07, 6.45) is 14.9. The monoisotopic (exact) mass is 238 g/mol. The Hall–Kier alpha value is -0.0400. The van der Waals surface area contributed by atoms with Gasteiger partial charge in [-0.1, -0.05) is 52.4 Å². The van der Waals surface area contributed by atoms with E-state index < -0.39 is 0 Å². The lowest BCUT2D eigenvalue weighted by molar-refractivity contribution is -0.0589. The molecule has 3 atom stereocenters. The topological polar surface area (TPSA) is 9.23 Å². The third-order valence-corrected chi connectivity index (χ3v) is 5.05. The van der Waals surface area contributed by atoms with Crippen LogP contribution >= 0.6 is 0 Å². The van der Waals surface area contributed by atoms with Gasteiger partial charge in [-0.15, -0.1) is 0 Å². The Morgan fingerprint density at radius 2 is 1.65 bits per heavy atom. The van der Waals surface area contributed by atoms with E-state index in [9.17, 15) is 0 Å². The van der Waals surface area contributed by atoms with Crippen LogP contribution in [0.3, 0.4) is 0 Å². The van der Waals surface area contributed by atoms with E-state index in [1.54, 1.807) is 0 Å². The normalized spacial score (nSPS) is 33.5. The third-order valence-electron chi connectivity index (χ3n) is 5.05. The zero-order chi connectivity index (χ0) is 12.1. The Labute approximate surface area is 107 Å². The highest BCUT2D eigenvalue weighted by Gasteiger charge is 2.28. The minimum absolute atomic E-state index is 0.589. The van der Waals surface area contributed by atoms with Gasteiger partial charge in [-0.05, 0) is 37.5 Å². The second-order valence-electron chi connectivity index (χ2n) is 6.33. The molecule has 0 aromatic rings. The maximum atomic E-state index is 6.36. The molecule has 0 spiro atoms. The minimum atomic E-state index is 0.589. The molecule has 0 heterocycles. The van der Waals surface area contributed by atoms with Gasteiger partial charge in [-0.3, -0.25) is 0 Å². The predicted octanol–water partition coefficient (Wildman–Crippen LogP) is 4.94. The molecule has 2 aliphatic rings. The molecule has 0 radical (unpaired) electrons. The second-order valence-corrected chi connectivity index (χ2v) is 6.33. The van der Waals surface area contributed by atoms with E-state index >= 15 is 0 Å². The lowest BCUT2D eigenvalue weighted by Gasteiger charge is -2.35. The highest BCUT2D eigenvalue weighted by atomic mass is 16.5. The average Bonchev–Trinajstić information content (AvgIpc) is 2.39. The second kappa shape index (κ2) is 6.78. The van der Waals surface area contributed by atoms with Gasteiger partial charge in [-0.25, -0.2) is 0 Å². The summed E-state index contributed by atoms with van der Waals surface area (Å²) in [4.78, 5) is 0. The van der Waals surface area contributed by atoms with Crippen LogP contribution in [-0.4, -0.2) is 12.2 Å². The fraction of sp³-hybridized carbons (Fsp3) is 1.00. The first kappa shape index (κ1) is 13.4. The Bertz CT molecular complexity index is 206. The van der Waals surface area contributed by atoms with E-state index in [0.29, 0.717) is 12.2 Å². The van der Waals surface area contributed by atoms with Crippen molar-refractivity contribution in [2.24, 2.45) is 11.8 Å². The maximum absolute atomic E-state index is 6.36. The number of rotatable bonds is 4. The van der Waals surface area contributed by atoms with E-state index in [1.165, 1.54) is 64.2 Å². The van der Waals surface area contributed by atoms with Crippen LogP contribution in [-0.2, 0) is 4.74 Å². The van der Waals surface area contributed by atoms with E-state index in [0.717, 1.165) is 11.8 Å². The molecule has 0 aliphatic heterocycles. The molecule has 17 heavy (non-hydrogen) atoms. The lowest BCUT2D eigenvalue weighted by Crippen LogP contribution is -2.30. The van der Waals surface area contributed by atoms with Crippen LogP contribution in [0.2, 0.25) is 0 Å². The Balaban J connectivity index is 1.76. The van der Waals surface area contributed by atoms with Crippen molar-refractivity contribution in [1.82, 2.24) is 0 Å². The molecule has 3 unspecified atom stereocenters. The molecular formula is C16H30O. The summed E-state index contributed by atoms with van der Waals surface area (Å²) in [5.74, 6) is 1.83. The van der Waals surface area contributed by atoms with Crippen molar-refractivity contribution in [3.05, 3.63) is 0 Å². The first-order valence-electron chi connectivity index (χ1n) is 7.95. The zero-order valence-corrected chi connectivity index (χ0v) is 11.8. The van der Waals surface area contributed by atoms with Crippen LogP contribution in [0, 0.1) is 11.8 Å². The van der Waals surface area contributed by atoms with Gasteiger partial charge >= 0.3 is 0 Å². The van der Waals surface area contributed by atoms with E-state index in [2.05, 4.69) is 13.8 Å². The van der Waals surface area contributed by atoms with Crippen LogP contribution in [0.1, 0.15) is 78.1 Å². The fourth-order valence-electron chi connectivity index (χ4n) is 3.63. The van der Waals surface area contributed by atoms with Crippen LogP contribution in [0.4, 0.5) is 0 Å². The smallest absolute Gasteiger partial charge is 0.0581 e. The average molecular weight is 238 g/mol. The number of ether oxygens (including phenoxy) is 1. The van der Waals surface area contributed by atoms with Gasteiger partial charge in [0.2, 0.25) is 0 Å². The van der Waals surface area contributed by atoms with Gasteiger partial charge in [0.05, 0.1) is 12.2 Å². The largest absolute Gasteiger partial charge is 0.375 e. The van der Waals surface area contributed by atoms with Crippen LogP contribution < -0.4 is 0 Å². The van der Waals surface area contributed by atoms with Crippen molar-refractivity contribution in [3.63, 3.8) is 0 Å². The van der Waals surface area contributed by atoms with Gasteiger partial charge in [-0.2, -0.15) is 0 Å².